The molecule has 0 aromatic heterocycles. The van der Waals surface area contributed by atoms with E-state index in [0.29, 0.717) is 11.0 Å². The Morgan fingerprint density at radius 1 is 0.284 bits per heavy atom. The maximum Gasteiger partial charge on any atom is 0.0713 e. The molecule has 1 unspecified atom stereocenters. The van der Waals surface area contributed by atoms with E-state index >= 15 is 0 Å². The third-order valence-corrected chi connectivity index (χ3v) is 11.6. The Kier molecular flexibility index (Phi) is 3.68. The van der Waals surface area contributed by atoms with Crippen molar-refractivity contribution in [3.8, 4) is 33.4 Å². The first-order valence-corrected chi connectivity index (χ1v) is 20.1. The highest BCUT2D eigenvalue weighted by Gasteiger charge is 2.47. The van der Waals surface area contributed by atoms with E-state index in [1.54, 1.807) is 0 Å². The van der Waals surface area contributed by atoms with E-state index < -0.39 is 358 Å². The number of anilines is 3. The number of benzene rings is 11. The van der Waals surface area contributed by atoms with Crippen LogP contribution in [0.15, 0.2) is 272 Å². The first kappa shape index (κ1) is 15.8. The first-order valence-electron chi connectivity index (χ1n) is 40.1. The first-order chi connectivity index (χ1) is 49.8. The fourth-order valence-electron chi connectivity index (χ4n) is 8.90. The average Bonchev–Trinajstić information content (AvgIpc) is 1.53. The van der Waals surface area contributed by atoms with Crippen LogP contribution >= 0.6 is 0 Å². The van der Waals surface area contributed by atoms with Gasteiger partial charge in [-0.2, -0.15) is 0 Å². The summed E-state index contributed by atoms with van der Waals surface area (Å²) in [5.41, 5.74) is -21.3. The minimum absolute atomic E-state index is 0.514. The second-order valence-corrected chi connectivity index (χ2v) is 14.9. The zero-order chi connectivity index (χ0) is 79.2. The Morgan fingerprint density at radius 2 is 0.806 bits per heavy atom. The highest BCUT2D eigenvalue weighted by atomic mass is 15.1. The van der Waals surface area contributed by atoms with Crippen molar-refractivity contribution in [3.63, 3.8) is 0 Å². The van der Waals surface area contributed by atoms with Gasteiger partial charge in [0.1, 0.15) is 0 Å². The number of rotatable bonds is 8. The lowest BCUT2D eigenvalue weighted by molar-refractivity contribution is 0.768. The largest absolute Gasteiger partial charge is 0.310 e. The van der Waals surface area contributed by atoms with Gasteiger partial charge in [0.15, 0.2) is 0 Å². The lowest BCUT2D eigenvalue weighted by atomic mass is 9.67. The molecule has 1 heteroatoms. The summed E-state index contributed by atoms with van der Waals surface area (Å²) in [6.07, 6.45) is 0. The predicted octanol–water partition coefficient (Wildman–Crippen LogP) is 16.7. The van der Waals surface area contributed by atoms with Gasteiger partial charge in [-0.3, -0.25) is 0 Å². The molecular weight excluding hydrogens is 807 g/mol. The lowest BCUT2D eigenvalue weighted by Gasteiger charge is -2.35. The summed E-state index contributed by atoms with van der Waals surface area (Å²) in [5, 5.41) is -1.24. The van der Waals surface area contributed by atoms with E-state index in [0.717, 1.165) is 24.3 Å². The molecule has 1 nitrogen and oxygen atoms in total. The predicted molar refractivity (Wildman–Crippen MR) is 279 cm³/mol. The van der Waals surface area contributed by atoms with Crippen molar-refractivity contribution >= 4 is 27.8 Å². The Morgan fingerprint density at radius 3 is 1.49 bits per heavy atom. The van der Waals surface area contributed by atoms with E-state index in [9.17, 15) is 28.8 Å². The molecule has 0 fully saturated rings. The van der Waals surface area contributed by atoms with Crippen LogP contribution in [0.5, 0.6) is 0 Å². The van der Waals surface area contributed by atoms with E-state index in [-0.39, 0.29) is 0 Å². The van der Waals surface area contributed by atoms with Gasteiger partial charge in [0.2, 0.25) is 0 Å². The standard InChI is InChI=1S/C66H45N/c1-4-20-50(21-5-1)65(51-22-6-2-7-23-51)63-31-17-14-28-59(63)60-45-56(42-43-64(60)65)67(54-38-34-47(35-39-54)49-33-32-46-18-10-11-19-48(46)44-49)55-40-36-53(37-41-55)66(52-24-8-3-9-25-52)61-29-15-12-26-57(61)58-27-13-16-30-62(58)66/h1-45H/i1D,2D,3D,4D,5D,6D,7D,8D,9D,10D,11D,12D,13D,14D,15D,17D,18D,19D,20D,21D,22D,23D,24D,25D,26D,27D,28D,30D,31D,32D,33D,34D,35D,36D,37D,40D,41D,42D,44D,45D. The van der Waals surface area contributed by atoms with Gasteiger partial charge in [-0.05, 0) is 131 Å². The summed E-state index contributed by atoms with van der Waals surface area (Å²) >= 11 is 0. The molecule has 0 bridgehead atoms. The van der Waals surface area contributed by atoms with Crippen LogP contribution in [0.4, 0.5) is 17.1 Å². The molecule has 0 N–H and O–H groups in total. The average molecular weight is 892 g/mol. The number of fused-ring (bicyclic) bond motifs is 7. The molecule has 2 aliphatic rings. The molecule has 2 aliphatic carbocycles. The van der Waals surface area contributed by atoms with Crippen LogP contribution in [0, 0.1) is 0 Å². The van der Waals surface area contributed by atoms with E-state index in [4.69, 9.17) is 26.0 Å². The van der Waals surface area contributed by atoms with Crippen molar-refractivity contribution in [2.45, 2.75) is 10.8 Å². The van der Waals surface area contributed by atoms with Crippen molar-refractivity contribution in [1.82, 2.24) is 0 Å². The summed E-state index contributed by atoms with van der Waals surface area (Å²) in [6, 6.07) is -39.3. The van der Waals surface area contributed by atoms with Crippen molar-refractivity contribution in [1.29, 1.82) is 0 Å². The second kappa shape index (κ2) is 15.6. The molecular formula is C66H45N. The topological polar surface area (TPSA) is 3.24 Å². The zero-order valence-electron chi connectivity index (χ0n) is 73.8. The molecule has 0 saturated carbocycles. The summed E-state index contributed by atoms with van der Waals surface area (Å²) in [5.74, 6) is 0. The third kappa shape index (κ3) is 5.88. The van der Waals surface area contributed by atoms with Gasteiger partial charge in [-0.1, -0.05) is 230 Å². The molecule has 13 rings (SSSR count). The maximum atomic E-state index is 10.7. The quantitative estimate of drug-likeness (QED) is 0.147. The maximum absolute atomic E-state index is 10.7. The summed E-state index contributed by atoms with van der Waals surface area (Å²) in [4.78, 5) is 0.514. The molecule has 67 heavy (non-hydrogen) atoms. The molecule has 11 aromatic rings. The fraction of sp³-hybridized carbons (Fsp3) is 0.0303. The van der Waals surface area contributed by atoms with E-state index in [1.165, 1.54) is 0 Å². The Bertz CT molecular complexity index is 5830. The van der Waals surface area contributed by atoms with Gasteiger partial charge in [0, 0.05) is 17.1 Å². The highest BCUT2D eigenvalue weighted by Crippen LogP contribution is 2.58. The van der Waals surface area contributed by atoms with Gasteiger partial charge in [0.05, 0.1) is 65.7 Å². The van der Waals surface area contributed by atoms with Crippen molar-refractivity contribution in [3.05, 3.63) is 317 Å². The highest BCUT2D eigenvalue weighted by molar-refractivity contribution is 5.92. The second-order valence-electron chi connectivity index (χ2n) is 14.9. The SMILES string of the molecule is [2H]c1cc2c(c([2H])c1[2H])-c1c([2H])c([2H])cc([2H])c1C2(c1c([2H])c([2H])c([2H])c([2H])c1[2H])c1c([2H])c([2H])c(N(c2cc([2H])c(-c3c([2H])c([2H])c4c([2H])c([2H])c([2H])c([2H])c4c3[2H])c([2H])c2)c2c([2H])cc3c(c2[2H])-c2c([2H])c([2H])c([2H])c([2H])c2C3(c2c([2H])c([2H])c([2H])c([2H])c2[2H])c2c([2H])c([2H])c([2H])c([2H])c2[2H])c([2H])c1[2H]. The lowest BCUT2D eigenvalue weighted by Crippen LogP contribution is -2.28. The van der Waals surface area contributed by atoms with Crippen LogP contribution in [-0.2, 0) is 10.8 Å². The van der Waals surface area contributed by atoms with Crippen molar-refractivity contribution in [2.24, 2.45) is 0 Å². The van der Waals surface area contributed by atoms with Crippen LogP contribution in [0.3, 0.4) is 0 Å². The van der Waals surface area contributed by atoms with Crippen molar-refractivity contribution < 1.29 is 54.8 Å². The molecule has 0 amide bonds. The molecule has 0 aliphatic heterocycles. The summed E-state index contributed by atoms with van der Waals surface area (Å²) in [7, 11) is 0. The molecule has 1 atom stereocenters. The van der Waals surface area contributed by atoms with Gasteiger partial charge in [-0.15, -0.1) is 0 Å². The van der Waals surface area contributed by atoms with Gasteiger partial charge in [-0.25, -0.2) is 0 Å². The van der Waals surface area contributed by atoms with Gasteiger partial charge < -0.3 is 4.90 Å². The van der Waals surface area contributed by atoms with Crippen LogP contribution in [0.2, 0.25) is 0 Å². The fourth-order valence-corrected chi connectivity index (χ4v) is 8.90. The van der Waals surface area contributed by atoms with Crippen LogP contribution in [-0.4, -0.2) is 0 Å². The minimum atomic E-state index is -3.26. The monoisotopic (exact) mass is 892 g/mol. The van der Waals surface area contributed by atoms with Crippen molar-refractivity contribution in [2.75, 3.05) is 4.90 Å². The zero-order valence-corrected chi connectivity index (χ0v) is 33.8. The normalized spacial score (nSPS) is 23.4. The molecule has 0 heterocycles. The van der Waals surface area contributed by atoms with Crippen LogP contribution < -0.4 is 4.90 Å². The molecule has 0 saturated heterocycles. The summed E-state index contributed by atoms with van der Waals surface area (Å²) in [6.45, 7) is 0. The van der Waals surface area contributed by atoms with Crippen LogP contribution in [0.25, 0.3) is 44.2 Å². The molecule has 11 aromatic carbocycles. The molecule has 0 spiro atoms. The number of nitrogens with zero attached hydrogens (tertiary/aromatic N) is 1. The molecule has 0 radical (unpaired) electrons. The smallest absolute Gasteiger partial charge is 0.0713 e. The Balaban J connectivity index is 1.25. The Labute approximate surface area is 448 Å². The minimum Gasteiger partial charge on any atom is -0.310 e. The van der Waals surface area contributed by atoms with Gasteiger partial charge in [0.25, 0.3) is 0 Å². The third-order valence-electron chi connectivity index (χ3n) is 11.6. The van der Waals surface area contributed by atoms with Crippen LogP contribution in [0.1, 0.15) is 99.3 Å². The summed E-state index contributed by atoms with van der Waals surface area (Å²) < 4.78 is 374. The number of hydrogen-bond acceptors (Lipinski definition) is 1. The van der Waals surface area contributed by atoms with E-state index in [1.807, 2.05) is 0 Å². The number of hydrogen-bond donors (Lipinski definition) is 0. The van der Waals surface area contributed by atoms with E-state index in [2.05, 4.69) is 0 Å². The molecule has 314 valence electrons. The Hall–Kier alpha value is -8.52. The van der Waals surface area contributed by atoms with Gasteiger partial charge >= 0.3 is 0 Å².